The first-order valence-corrected chi connectivity index (χ1v) is 10.0. The Morgan fingerprint density at radius 3 is 2.79 bits per heavy atom. The number of carbonyl (C=O) groups excluding carboxylic acids is 1. The van der Waals surface area contributed by atoms with Crippen LogP contribution in [0.3, 0.4) is 0 Å². The van der Waals surface area contributed by atoms with E-state index in [4.69, 9.17) is 10.2 Å². The van der Waals surface area contributed by atoms with Gasteiger partial charge in [0.15, 0.2) is 0 Å². The van der Waals surface area contributed by atoms with E-state index in [1.165, 1.54) is 17.3 Å². The van der Waals surface area contributed by atoms with Gasteiger partial charge >= 0.3 is 0 Å². The van der Waals surface area contributed by atoms with E-state index in [0.717, 1.165) is 31.1 Å². The van der Waals surface area contributed by atoms with Crippen molar-refractivity contribution in [3.05, 3.63) is 40.9 Å². The van der Waals surface area contributed by atoms with Gasteiger partial charge in [0.2, 0.25) is 11.5 Å². The maximum atomic E-state index is 12.8. The Balaban J connectivity index is 1.38. The van der Waals surface area contributed by atoms with E-state index >= 15 is 0 Å². The van der Waals surface area contributed by atoms with E-state index in [9.17, 15) is 9.59 Å². The smallest absolute Gasteiger partial charge is 0.297 e. The molecule has 2 heterocycles. The molecule has 3 aromatic rings. The van der Waals surface area contributed by atoms with E-state index < -0.39 is 0 Å². The zero-order chi connectivity index (χ0) is 19.3. The van der Waals surface area contributed by atoms with Gasteiger partial charge in [-0.05, 0) is 49.7 Å². The van der Waals surface area contributed by atoms with Crippen molar-refractivity contribution >= 4 is 28.0 Å². The molecule has 2 unspecified atom stereocenters. The molecule has 2 atom stereocenters. The minimum absolute atomic E-state index is 0.0547. The molecule has 0 spiro atoms. The lowest BCUT2D eigenvalue weighted by Gasteiger charge is -2.45. The van der Waals surface area contributed by atoms with E-state index in [2.05, 4.69) is 10.3 Å². The fraction of sp³-hybridized carbons (Fsp3) is 0.476. The fourth-order valence-electron chi connectivity index (χ4n) is 5.14. The predicted molar refractivity (Wildman–Crippen MR) is 106 cm³/mol. The van der Waals surface area contributed by atoms with Crippen molar-refractivity contribution in [3.63, 3.8) is 0 Å². The normalized spacial score (nSPS) is 27.2. The van der Waals surface area contributed by atoms with Gasteiger partial charge in [0.05, 0.1) is 6.33 Å². The number of carbonyl (C=O) groups is 1. The molecule has 0 aliphatic heterocycles. The topological polar surface area (TPSA) is 103 Å². The molecule has 1 amide bonds. The van der Waals surface area contributed by atoms with Crippen LogP contribution in [0.4, 0.5) is 0 Å². The molecule has 2 aliphatic carbocycles. The Bertz CT molecular complexity index is 1090. The molecule has 2 saturated carbocycles. The second kappa shape index (κ2) is 6.74. The van der Waals surface area contributed by atoms with Crippen molar-refractivity contribution in [2.45, 2.75) is 50.7 Å². The first kappa shape index (κ1) is 17.4. The van der Waals surface area contributed by atoms with Gasteiger partial charge in [0, 0.05) is 17.5 Å². The number of amides is 1. The maximum absolute atomic E-state index is 12.8. The lowest BCUT2D eigenvalue weighted by molar-refractivity contribution is -0.124. The number of aromatic nitrogens is 2. The highest BCUT2D eigenvalue weighted by Crippen LogP contribution is 2.39. The van der Waals surface area contributed by atoms with Crippen molar-refractivity contribution < 1.29 is 9.21 Å². The number of furan rings is 1. The van der Waals surface area contributed by atoms with Crippen LogP contribution in [-0.4, -0.2) is 27.5 Å². The zero-order valence-corrected chi connectivity index (χ0v) is 15.6. The maximum Gasteiger partial charge on any atom is 0.297 e. The van der Waals surface area contributed by atoms with Crippen LogP contribution in [0.25, 0.3) is 22.1 Å². The molecule has 3 N–H and O–H groups in total. The summed E-state index contributed by atoms with van der Waals surface area (Å²) in [5.74, 6) is 0.732. The highest BCUT2D eigenvalue weighted by Gasteiger charge is 2.39. The summed E-state index contributed by atoms with van der Waals surface area (Å²) in [6.45, 7) is -0.0547. The number of nitrogens with two attached hydrogens (primary N) is 1. The summed E-state index contributed by atoms with van der Waals surface area (Å²) >= 11 is 0. The SMILES string of the molecule is NC1CC2CCCC(C1)C2NC(=O)Cn1cnc2c(oc3ccccc32)c1=O. The number of para-hydroxylation sites is 1. The summed E-state index contributed by atoms with van der Waals surface area (Å²) in [7, 11) is 0. The predicted octanol–water partition coefficient (Wildman–Crippen LogP) is 2.16. The van der Waals surface area contributed by atoms with Crippen molar-refractivity contribution in [2.24, 2.45) is 17.6 Å². The molecule has 146 valence electrons. The molecular weight excluding hydrogens is 356 g/mol. The summed E-state index contributed by atoms with van der Waals surface area (Å²) in [4.78, 5) is 29.9. The Morgan fingerprint density at radius 2 is 2.00 bits per heavy atom. The first-order chi connectivity index (χ1) is 13.6. The van der Waals surface area contributed by atoms with Crippen LogP contribution in [0.15, 0.2) is 39.8 Å². The van der Waals surface area contributed by atoms with Crippen LogP contribution in [0.1, 0.15) is 32.1 Å². The standard InChI is InChI=1S/C21H24N4O3/c22-14-8-12-4-3-5-13(9-14)18(12)24-17(26)10-25-11-23-19-15-6-1-2-7-16(15)28-20(19)21(25)27/h1-2,6-7,11-14,18H,3-5,8-10,22H2,(H,24,26). The van der Waals surface area contributed by atoms with E-state index in [-0.39, 0.29) is 35.7 Å². The number of fused-ring (bicyclic) bond motifs is 5. The van der Waals surface area contributed by atoms with Gasteiger partial charge in [0.25, 0.3) is 5.56 Å². The lowest BCUT2D eigenvalue weighted by Crippen LogP contribution is -2.54. The molecule has 2 aliphatic rings. The lowest BCUT2D eigenvalue weighted by atomic mass is 9.67. The highest BCUT2D eigenvalue weighted by molar-refractivity contribution is 6.01. The molecule has 7 heteroatoms. The quantitative estimate of drug-likeness (QED) is 0.725. The summed E-state index contributed by atoms with van der Waals surface area (Å²) in [5.41, 5.74) is 7.19. The Morgan fingerprint density at radius 1 is 1.25 bits per heavy atom. The van der Waals surface area contributed by atoms with Gasteiger partial charge in [-0.15, -0.1) is 0 Å². The van der Waals surface area contributed by atoms with Crippen molar-refractivity contribution in [2.75, 3.05) is 0 Å². The number of benzene rings is 1. The number of hydrogen-bond acceptors (Lipinski definition) is 5. The fourth-order valence-corrected chi connectivity index (χ4v) is 5.14. The van der Waals surface area contributed by atoms with Crippen molar-refractivity contribution in [1.29, 1.82) is 0 Å². The third-order valence-electron chi connectivity index (χ3n) is 6.37. The Kier molecular flexibility index (Phi) is 4.19. The van der Waals surface area contributed by atoms with Gasteiger partial charge in [-0.2, -0.15) is 0 Å². The zero-order valence-electron chi connectivity index (χ0n) is 15.6. The van der Waals surface area contributed by atoms with E-state index in [1.807, 2.05) is 18.2 Å². The van der Waals surface area contributed by atoms with Gasteiger partial charge < -0.3 is 15.5 Å². The van der Waals surface area contributed by atoms with Crippen LogP contribution in [-0.2, 0) is 11.3 Å². The second-order valence-corrected chi connectivity index (χ2v) is 8.23. The molecular formula is C21H24N4O3. The number of hydrogen-bond donors (Lipinski definition) is 2. The average molecular weight is 380 g/mol. The van der Waals surface area contributed by atoms with Gasteiger partial charge in [-0.25, -0.2) is 4.98 Å². The van der Waals surface area contributed by atoms with Gasteiger partial charge in [-0.1, -0.05) is 18.6 Å². The molecule has 7 nitrogen and oxygen atoms in total. The molecule has 1 aromatic carbocycles. The van der Waals surface area contributed by atoms with Crippen LogP contribution in [0, 0.1) is 11.8 Å². The van der Waals surface area contributed by atoms with Crippen LogP contribution < -0.4 is 16.6 Å². The van der Waals surface area contributed by atoms with Crippen molar-refractivity contribution in [1.82, 2.24) is 14.9 Å². The molecule has 2 bridgehead atoms. The highest BCUT2D eigenvalue weighted by atomic mass is 16.3. The average Bonchev–Trinajstić information content (AvgIpc) is 3.04. The van der Waals surface area contributed by atoms with Crippen LogP contribution >= 0.6 is 0 Å². The molecule has 28 heavy (non-hydrogen) atoms. The minimum atomic E-state index is -0.331. The monoisotopic (exact) mass is 380 g/mol. The number of nitrogens with zero attached hydrogens (tertiary/aromatic N) is 2. The molecule has 2 aromatic heterocycles. The third kappa shape index (κ3) is 2.90. The van der Waals surface area contributed by atoms with Crippen LogP contribution in [0.2, 0.25) is 0 Å². The minimum Gasteiger partial charge on any atom is -0.448 e. The van der Waals surface area contributed by atoms with Crippen LogP contribution in [0.5, 0.6) is 0 Å². The molecule has 5 rings (SSSR count). The summed E-state index contributed by atoms with van der Waals surface area (Å²) in [6, 6.07) is 7.82. The summed E-state index contributed by atoms with van der Waals surface area (Å²) in [6.07, 6.45) is 6.80. The molecule has 0 radical (unpaired) electrons. The summed E-state index contributed by atoms with van der Waals surface area (Å²) < 4.78 is 7.01. The summed E-state index contributed by atoms with van der Waals surface area (Å²) in [5, 5.41) is 3.98. The van der Waals surface area contributed by atoms with E-state index in [0.29, 0.717) is 22.9 Å². The third-order valence-corrected chi connectivity index (χ3v) is 6.37. The largest absolute Gasteiger partial charge is 0.448 e. The van der Waals surface area contributed by atoms with Crippen molar-refractivity contribution in [3.8, 4) is 0 Å². The number of rotatable bonds is 3. The number of nitrogens with one attached hydrogen (secondary N) is 1. The Labute approximate surface area is 161 Å². The van der Waals surface area contributed by atoms with E-state index in [1.54, 1.807) is 6.07 Å². The molecule has 2 fully saturated rings. The van der Waals surface area contributed by atoms with Gasteiger partial charge in [0.1, 0.15) is 17.6 Å². The molecule has 0 saturated heterocycles. The second-order valence-electron chi connectivity index (χ2n) is 8.23. The van der Waals surface area contributed by atoms with Gasteiger partial charge in [-0.3, -0.25) is 14.2 Å². The first-order valence-electron chi connectivity index (χ1n) is 10.0. The Hall–Kier alpha value is -2.67.